The van der Waals surface area contributed by atoms with Crippen molar-refractivity contribution >= 4 is 30.3 Å². The number of rotatable bonds is 4. The van der Waals surface area contributed by atoms with Gasteiger partial charge in [0.15, 0.2) is 5.82 Å². The topological polar surface area (TPSA) is 75.6 Å². The minimum atomic E-state index is 0. The van der Waals surface area contributed by atoms with Crippen molar-refractivity contribution in [1.29, 1.82) is 0 Å². The fraction of sp³-hybridized carbons (Fsp3) is 0.368. The summed E-state index contributed by atoms with van der Waals surface area (Å²) >= 11 is 0. The lowest BCUT2D eigenvalue weighted by Gasteiger charge is -2.23. The average molecular weight is 369 g/mol. The summed E-state index contributed by atoms with van der Waals surface area (Å²) in [5, 5.41) is 6.96. The number of hydrogen-bond acceptors (Lipinski definition) is 6. The van der Waals surface area contributed by atoms with E-state index in [0.717, 1.165) is 53.4 Å². The van der Waals surface area contributed by atoms with Crippen LogP contribution in [0.1, 0.15) is 18.5 Å². The molecule has 0 saturated carbocycles. The Balaban J connectivity index is 0.00000196. The van der Waals surface area contributed by atoms with E-state index in [0.29, 0.717) is 5.92 Å². The molecular weight excluding hydrogens is 344 g/mol. The van der Waals surface area contributed by atoms with Gasteiger partial charge in [0.1, 0.15) is 5.52 Å². The van der Waals surface area contributed by atoms with E-state index in [1.54, 1.807) is 12.4 Å². The van der Waals surface area contributed by atoms with Gasteiger partial charge in [-0.2, -0.15) is 13.5 Å². The van der Waals surface area contributed by atoms with E-state index < -0.39 is 0 Å². The second-order valence-electron chi connectivity index (χ2n) is 6.56. The van der Waals surface area contributed by atoms with Gasteiger partial charge in [-0.15, -0.1) is 0 Å². The highest BCUT2D eigenvalue weighted by Crippen LogP contribution is 2.25. The summed E-state index contributed by atoms with van der Waals surface area (Å²) in [5.74, 6) is 1.42. The molecule has 136 valence electrons. The van der Waals surface area contributed by atoms with Crippen LogP contribution in [-0.4, -0.2) is 39.6 Å². The molecule has 1 fully saturated rings. The Labute approximate surface area is 160 Å². The van der Waals surface area contributed by atoms with Crippen molar-refractivity contribution in [3.05, 3.63) is 42.5 Å². The molecular formula is C19H24N6S. The van der Waals surface area contributed by atoms with E-state index >= 15 is 0 Å². The van der Waals surface area contributed by atoms with Crippen LogP contribution >= 0.6 is 13.5 Å². The van der Waals surface area contributed by atoms with Gasteiger partial charge in [-0.1, -0.05) is 0 Å². The molecule has 0 amide bonds. The Bertz CT molecular complexity index is 862. The number of nitrogens with zero attached hydrogens (tertiary/aromatic N) is 4. The second-order valence-corrected chi connectivity index (χ2v) is 6.56. The van der Waals surface area contributed by atoms with Crippen molar-refractivity contribution in [3.8, 4) is 11.3 Å². The molecule has 26 heavy (non-hydrogen) atoms. The second kappa shape index (κ2) is 8.42. The predicted octanol–water partition coefficient (Wildman–Crippen LogP) is 2.92. The highest BCUT2D eigenvalue weighted by Gasteiger charge is 2.15. The normalized spacial score (nSPS) is 16.9. The molecule has 1 aliphatic heterocycles. The van der Waals surface area contributed by atoms with Crippen molar-refractivity contribution in [1.82, 2.24) is 25.3 Å². The first-order valence-electron chi connectivity index (χ1n) is 8.79. The summed E-state index contributed by atoms with van der Waals surface area (Å²) in [7, 11) is 0. The van der Waals surface area contributed by atoms with E-state index in [1.165, 1.54) is 12.8 Å². The molecule has 0 radical (unpaired) electrons. The van der Waals surface area contributed by atoms with Crippen LogP contribution in [0.15, 0.2) is 36.8 Å². The quantitative estimate of drug-likeness (QED) is 0.737. The summed E-state index contributed by atoms with van der Waals surface area (Å²) in [6.07, 6.45) is 7.76. The summed E-state index contributed by atoms with van der Waals surface area (Å²) in [5.41, 5.74) is 4.50. The highest BCUT2D eigenvalue weighted by atomic mass is 32.1. The maximum atomic E-state index is 4.81. The molecule has 2 N–H and O–H groups in total. The van der Waals surface area contributed by atoms with Crippen LogP contribution in [-0.2, 0) is 0 Å². The van der Waals surface area contributed by atoms with Gasteiger partial charge in [0.2, 0.25) is 0 Å². The molecule has 4 rings (SSSR count). The average Bonchev–Trinajstić information content (AvgIpc) is 2.67. The Morgan fingerprint density at radius 3 is 2.85 bits per heavy atom. The zero-order valence-electron chi connectivity index (χ0n) is 14.9. The molecule has 0 bridgehead atoms. The van der Waals surface area contributed by atoms with E-state index in [4.69, 9.17) is 4.98 Å². The summed E-state index contributed by atoms with van der Waals surface area (Å²) in [6.45, 7) is 5.05. The highest BCUT2D eigenvalue weighted by molar-refractivity contribution is 7.59. The van der Waals surface area contributed by atoms with Crippen molar-refractivity contribution in [2.45, 2.75) is 19.8 Å². The third-order valence-electron chi connectivity index (χ3n) is 4.62. The zero-order valence-corrected chi connectivity index (χ0v) is 15.9. The fourth-order valence-corrected chi connectivity index (χ4v) is 3.20. The lowest BCUT2D eigenvalue weighted by Crippen LogP contribution is -2.33. The van der Waals surface area contributed by atoms with E-state index in [1.807, 2.05) is 31.3 Å². The lowest BCUT2D eigenvalue weighted by atomic mass is 10.00. The number of hydrogen-bond donors (Lipinski definition) is 2. The minimum Gasteiger partial charge on any atom is -0.368 e. The Kier molecular flexibility index (Phi) is 6.00. The van der Waals surface area contributed by atoms with Crippen LogP contribution < -0.4 is 10.6 Å². The van der Waals surface area contributed by atoms with Crippen LogP contribution in [0.5, 0.6) is 0 Å². The molecule has 1 aliphatic rings. The molecule has 3 aromatic heterocycles. The van der Waals surface area contributed by atoms with Gasteiger partial charge >= 0.3 is 0 Å². The van der Waals surface area contributed by atoms with Crippen LogP contribution in [0, 0.1) is 12.8 Å². The first-order chi connectivity index (χ1) is 12.3. The number of aryl methyl sites for hydroxylation is 1. The van der Waals surface area contributed by atoms with Crippen LogP contribution in [0.25, 0.3) is 22.3 Å². The Hall–Kier alpha value is -2.25. The molecule has 1 atom stereocenters. The van der Waals surface area contributed by atoms with Crippen LogP contribution in [0.2, 0.25) is 0 Å². The van der Waals surface area contributed by atoms with Crippen LogP contribution in [0.4, 0.5) is 5.82 Å². The van der Waals surface area contributed by atoms with Gasteiger partial charge in [0.25, 0.3) is 0 Å². The molecule has 0 spiro atoms. The van der Waals surface area contributed by atoms with Crippen molar-refractivity contribution in [2.75, 3.05) is 25.0 Å². The molecule has 3 aromatic rings. The SMILES string of the molecule is Cc1ccc(-c2cc3nccnc3c(NC[C@H]3CCCNC3)n2)cn1.S. The van der Waals surface area contributed by atoms with Crippen LogP contribution in [0.3, 0.4) is 0 Å². The van der Waals surface area contributed by atoms with Crippen molar-refractivity contribution in [3.63, 3.8) is 0 Å². The summed E-state index contributed by atoms with van der Waals surface area (Å²) < 4.78 is 0. The molecule has 7 heteroatoms. The first-order valence-corrected chi connectivity index (χ1v) is 8.79. The maximum absolute atomic E-state index is 4.81. The number of piperidine rings is 1. The Morgan fingerprint density at radius 2 is 2.08 bits per heavy atom. The number of pyridine rings is 2. The van der Waals surface area contributed by atoms with Gasteiger partial charge in [-0.25, -0.2) is 9.97 Å². The van der Waals surface area contributed by atoms with E-state index in [9.17, 15) is 0 Å². The number of fused-ring (bicyclic) bond motifs is 1. The minimum absolute atomic E-state index is 0. The maximum Gasteiger partial charge on any atom is 0.154 e. The number of nitrogens with one attached hydrogen (secondary N) is 2. The largest absolute Gasteiger partial charge is 0.368 e. The predicted molar refractivity (Wildman–Crippen MR) is 110 cm³/mol. The summed E-state index contributed by atoms with van der Waals surface area (Å²) in [6, 6.07) is 6.02. The van der Waals surface area contributed by atoms with Crippen molar-refractivity contribution in [2.24, 2.45) is 5.92 Å². The first kappa shape index (κ1) is 18.5. The monoisotopic (exact) mass is 368 g/mol. The molecule has 4 heterocycles. The van der Waals surface area contributed by atoms with Gasteiger partial charge in [0.05, 0.1) is 11.2 Å². The number of anilines is 1. The smallest absolute Gasteiger partial charge is 0.154 e. The lowest BCUT2D eigenvalue weighted by molar-refractivity contribution is 0.392. The van der Waals surface area contributed by atoms with Gasteiger partial charge < -0.3 is 10.6 Å². The fourth-order valence-electron chi connectivity index (χ4n) is 3.20. The van der Waals surface area contributed by atoms with Gasteiger partial charge in [-0.05, 0) is 57.0 Å². The summed E-state index contributed by atoms with van der Waals surface area (Å²) in [4.78, 5) is 18.1. The molecule has 6 nitrogen and oxygen atoms in total. The Morgan fingerprint density at radius 1 is 1.19 bits per heavy atom. The molecule has 0 unspecified atom stereocenters. The van der Waals surface area contributed by atoms with Gasteiger partial charge in [0, 0.05) is 36.4 Å². The zero-order chi connectivity index (χ0) is 17.1. The van der Waals surface area contributed by atoms with Crippen molar-refractivity contribution < 1.29 is 0 Å². The third kappa shape index (κ3) is 4.11. The molecule has 0 aromatic carbocycles. The molecule has 0 aliphatic carbocycles. The van der Waals surface area contributed by atoms with E-state index in [-0.39, 0.29) is 13.5 Å². The van der Waals surface area contributed by atoms with E-state index in [2.05, 4.69) is 25.6 Å². The molecule has 1 saturated heterocycles. The standard InChI is InChI=1S/C19H22N6.H2S/c1-13-4-5-15(12-23-13)16-9-17-18(22-8-7-21-17)19(25-16)24-11-14-3-2-6-20-10-14;/h4-5,7-9,12,14,20H,2-3,6,10-11H2,1H3,(H,24,25);1H2/t14-;/m0./s1. The van der Waals surface area contributed by atoms with Gasteiger partial charge in [-0.3, -0.25) is 9.97 Å². The number of aromatic nitrogens is 4. The third-order valence-corrected chi connectivity index (χ3v) is 4.62.